The van der Waals surface area contributed by atoms with Crippen LogP contribution in [0.5, 0.6) is 0 Å². The molecule has 0 amide bonds. The zero-order valence-electron chi connectivity index (χ0n) is 11.4. The number of hydrogen-bond donors (Lipinski definition) is 1. The average Bonchev–Trinajstić information content (AvgIpc) is 2.93. The molecule has 0 saturated heterocycles. The van der Waals surface area contributed by atoms with Crippen LogP contribution in [0.15, 0.2) is 29.2 Å². The van der Waals surface area contributed by atoms with E-state index in [4.69, 9.17) is 5.73 Å². The van der Waals surface area contributed by atoms with Gasteiger partial charge >= 0.3 is 0 Å². The fourth-order valence-electron chi connectivity index (χ4n) is 2.78. The van der Waals surface area contributed by atoms with Gasteiger partial charge in [-0.1, -0.05) is 31.9 Å². The fourth-order valence-corrected chi connectivity index (χ4v) is 4.55. The van der Waals surface area contributed by atoms with Gasteiger partial charge in [-0.3, -0.25) is 0 Å². The van der Waals surface area contributed by atoms with Gasteiger partial charge in [-0.2, -0.15) is 4.31 Å². The molecule has 0 heterocycles. The molecule has 106 valence electrons. The van der Waals surface area contributed by atoms with Crippen molar-refractivity contribution in [3.05, 3.63) is 29.8 Å². The molecule has 2 rings (SSSR count). The van der Waals surface area contributed by atoms with Crippen LogP contribution in [-0.4, -0.2) is 25.3 Å². The Balaban J connectivity index is 2.33. The predicted molar refractivity (Wildman–Crippen MR) is 76.2 cm³/mol. The second kappa shape index (κ2) is 6.03. The summed E-state index contributed by atoms with van der Waals surface area (Å²) in [5, 5.41) is 0. The minimum Gasteiger partial charge on any atom is -0.326 e. The van der Waals surface area contributed by atoms with E-state index in [-0.39, 0.29) is 6.04 Å². The van der Waals surface area contributed by atoms with Gasteiger partial charge in [0.1, 0.15) is 0 Å². The molecule has 1 aromatic carbocycles. The summed E-state index contributed by atoms with van der Waals surface area (Å²) >= 11 is 0. The van der Waals surface area contributed by atoms with Crippen molar-refractivity contribution in [3.8, 4) is 0 Å². The normalized spacial score (nSPS) is 17.2. The first kappa shape index (κ1) is 14.5. The molecule has 5 heteroatoms. The lowest BCUT2D eigenvalue weighted by atomic mass is 10.2. The monoisotopic (exact) mass is 282 g/mol. The van der Waals surface area contributed by atoms with E-state index in [0.717, 1.165) is 31.2 Å². The Morgan fingerprint density at radius 1 is 1.32 bits per heavy atom. The molecule has 0 atom stereocenters. The highest BCUT2D eigenvalue weighted by Crippen LogP contribution is 2.28. The lowest BCUT2D eigenvalue weighted by molar-refractivity contribution is 0.335. The summed E-state index contributed by atoms with van der Waals surface area (Å²) in [4.78, 5) is 0.365. The van der Waals surface area contributed by atoms with Crippen molar-refractivity contribution in [1.82, 2.24) is 4.31 Å². The number of benzene rings is 1. The van der Waals surface area contributed by atoms with Crippen LogP contribution < -0.4 is 5.73 Å². The quantitative estimate of drug-likeness (QED) is 0.899. The maximum Gasteiger partial charge on any atom is 0.243 e. The van der Waals surface area contributed by atoms with Crippen molar-refractivity contribution in [2.24, 2.45) is 5.73 Å². The predicted octanol–water partition coefficient (Wildman–Crippen LogP) is 2.10. The molecule has 1 aromatic rings. The largest absolute Gasteiger partial charge is 0.326 e. The van der Waals surface area contributed by atoms with Gasteiger partial charge in [-0.15, -0.1) is 0 Å². The number of sulfonamides is 1. The van der Waals surface area contributed by atoms with E-state index in [9.17, 15) is 8.42 Å². The molecule has 0 aromatic heterocycles. The summed E-state index contributed by atoms with van der Waals surface area (Å²) < 4.78 is 27.1. The second-order valence-electron chi connectivity index (χ2n) is 5.00. The van der Waals surface area contributed by atoms with Crippen LogP contribution in [0.1, 0.15) is 38.2 Å². The van der Waals surface area contributed by atoms with Gasteiger partial charge < -0.3 is 5.73 Å². The van der Waals surface area contributed by atoms with E-state index in [1.807, 2.05) is 13.0 Å². The molecule has 19 heavy (non-hydrogen) atoms. The smallest absolute Gasteiger partial charge is 0.243 e. The van der Waals surface area contributed by atoms with E-state index in [1.165, 1.54) is 0 Å². The summed E-state index contributed by atoms with van der Waals surface area (Å²) in [5.41, 5.74) is 6.43. The lowest BCUT2D eigenvalue weighted by Gasteiger charge is -2.26. The van der Waals surface area contributed by atoms with Gasteiger partial charge in [0.2, 0.25) is 10.0 Å². The molecule has 1 aliphatic rings. The fraction of sp³-hybridized carbons (Fsp3) is 0.571. The molecule has 4 nitrogen and oxygen atoms in total. The van der Waals surface area contributed by atoms with Gasteiger partial charge in [-0.05, 0) is 30.5 Å². The van der Waals surface area contributed by atoms with Gasteiger partial charge in [0.25, 0.3) is 0 Å². The number of nitrogens with two attached hydrogens (primary N) is 1. The Kier molecular flexibility index (Phi) is 4.60. The average molecular weight is 282 g/mol. The number of hydrogen-bond acceptors (Lipinski definition) is 3. The summed E-state index contributed by atoms with van der Waals surface area (Å²) in [6.45, 7) is 2.79. The molecular weight excluding hydrogens is 260 g/mol. The highest BCUT2D eigenvalue weighted by atomic mass is 32.2. The maximum atomic E-state index is 12.7. The molecular formula is C14H22N2O2S. The van der Waals surface area contributed by atoms with Crippen molar-refractivity contribution in [2.75, 3.05) is 6.54 Å². The van der Waals surface area contributed by atoms with Crippen LogP contribution in [-0.2, 0) is 16.6 Å². The van der Waals surface area contributed by atoms with Crippen LogP contribution in [0, 0.1) is 0 Å². The molecule has 0 unspecified atom stereocenters. The van der Waals surface area contributed by atoms with Gasteiger partial charge in [0.05, 0.1) is 4.90 Å². The number of rotatable bonds is 5. The zero-order valence-corrected chi connectivity index (χ0v) is 12.2. The Morgan fingerprint density at radius 3 is 2.58 bits per heavy atom. The minimum absolute atomic E-state index is 0.163. The van der Waals surface area contributed by atoms with Gasteiger partial charge in [0.15, 0.2) is 0 Å². The molecule has 2 N–H and O–H groups in total. The Bertz CT molecular complexity index is 522. The summed E-state index contributed by atoms with van der Waals surface area (Å²) in [6.07, 6.45) is 4.20. The summed E-state index contributed by atoms with van der Waals surface area (Å²) in [7, 11) is -3.39. The second-order valence-corrected chi connectivity index (χ2v) is 6.89. The SMILES string of the molecule is CCN(C1CCCC1)S(=O)(=O)c1cccc(CN)c1. The maximum absolute atomic E-state index is 12.7. The highest BCUT2D eigenvalue weighted by Gasteiger charge is 2.31. The van der Waals surface area contributed by atoms with Crippen molar-refractivity contribution >= 4 is 10.0 Å². The number of nitrogens with zero attached hydrogens (tertiary/aromatic N) is 1. The topological polar surface area (TPSA) is 63.4 Å². The van der Waals surface area contributed by atoms with Crippen molar-refractivity contribution in [1.29, 1.82) is 0 Å². The van der Waals surface area contributed by atoms with Crippen LogP contribution in [0.3, 0.4) is 0 Å². The first-order valence-corrected chi connectivity index (χ1v) is 8.34. The van der Waals surface area contributed by atoms with Crippen molar-refractivity contribution in [2.45, 2.75) is 50.1 Å². The van der Waals surface area contributed by atoms with Crippen LogP contribution >= 0.6 is 0 Å². The van der Waals surface area contributed by atoms with E-state index < -0.39 is 10.0 Å². The molecule has 0 aliphatic heterocycles. The van der Waals surface area contributed by atoms with Crippen LogP contribution in [0.2, 0.25) is 0 Å². The van der Waals surface area contributed by atoms with Crippen LogP contribution in [0.25, 0.3) is 0 Å². The summed E-state index contributed by atoms with van der Waals surface area (Å²) in [6, 6.07) is 7.12. The van der Waals surface area contributed by atoms with E-state index in [2.05, 4.69) is 0 Å². The summed E-state index contributed by atoms with van der Waals surface area (Å²) in [5.74, 6) is 0. The lowest BCUT2D eigenvalue weighted by Crippen LogP contribution is -2.38. The third-order valence-electron chi connectivity index (χ3n) is 3.78. The molecule has 0 spiro atoms. The molecule has 0 radical (unpaired) electrons. The van der Waals surface area contributed by atoms with Gasteiger partial charge in [-0.25, -0.2) is 8.42 Å². The van der Waals surface area contributed by atoms with Crippen molar-refractivity contribution < 1.29 is 8.42 Å². The molecule has 1 fully saturated rings. The van der Waals surface area contributed by atoms with Gasteiger partial charge in [0, 0.05) is 19.1 Å². The molecule has 1 saturated carbocycles. The zero-order chi connectivity index (χ0) is 13.9. The van der Waals surface area contributed by atoms with E-state index in [1.54, 1.807) is 22.5 Å². The first-order chi connectivity index (χ1) is 9.09. The highest BCUT2D eigenvalue weighted by molar-refractivity contribution is 7.89. The molecule has 0 bridgehead atoms. The standard InChI is InChI=1S/C14H22N2O2S/c1-2-16(13-7-3-4-8-13)19(17,18)14-9-5-6-12(10-14)11-15/h5-6,9-10,13H,2-4,7-8,11,15H2,1H3. The Hall–Kier alpha value is -0.910. The third kappa shape index (κ3) is 2.99. The first-order valence-electron chi connectivity index (χ1n) is 6.90. The van der Waals surface area contributed by atoms with Crippen molar-refractivity contribution in [3.63, 3.8) is 0 Å². The minimum atomic E-state index is -3.39. The van der Waals surface area contributed by atoms with E-state index in [0.29, 0.717) is 18.0 Å². The van der Waals surface area contributed by atoms with Crippen LogP contribution in [0.4, 0.5) is 0 Å². The third-order valence-corrected chi connectivity index (χ3v) is 5.81. The Morgan fingerprint density at radius 2 is 2.00 bits per heavy atom. The molecule has 1 aliphatic carbocycles. The van der Waals surface area contributed by atoms with E-state index >= 15 is 0 Å². The Labute approximate surface area is 115 Å².